The van der Waals surface area contributed by atoms with Gasteiger partial charge < -0.3 is 20.3 Å². The number of amides is 2. The fraction of sp³-hybridized carbons (Fsp3) is 0.412. The van der Waals surface area contributed by atoms with Crippen LogP contribution in [0, 0.1) is 0 Å². The maximum atomic E-state index is 12.8. The monoisotopic (exact) mass is 347 g/mol. The summed E-state index contributed by atoms with van der Waals surface area (Å²) in [6.07, 6.45) is -0.565. The first-order chi connectivity index (χ1) is 11.7. The highest BCUT2D eigenvalue weighted by molar-refractivity contribution is 6.28. The zero-order valence-corrected chi connectivity index (χ0v) is 14.4. The number of Topliss-reactive ketones (excluding diaryl/α,β-unsaturated/α-hetero) is 1. The van der Waals surface area contributed by atoms with Crippen molar-refractivity contribution in [2.45, 2.75) is 32.4 Å². The van der Waals surface area contributed by atoms with Crippen LogP contribution in [0.25, 0.3) is 0 Å². The van der Waals surface area contributed by atoms with Gasteiger partial charge in [-0.1, -0.05) is 12.1 Å². The first-order valence-corrected chi connectivity index (χ1v) is 7.83. The molecule has 0 saturated carbocycles. The second-order valence-corrected chi connectivity index (χ2v) is 6.61. The van der Waals surface area contributed by atoms with E-state index in [2.05, 4.69) is 10.6 Å². The molecule has 1 aromatic rings. The third-order valence-electron chi connectivity index (χ3n) is 3.39. The number of anilines is 2. The Morgan fingerprint density at radius 3 is 2.68 bits per heavy atom. The number of para-hydroxylation sites is 2. The number of aldehydes is 1. The van der Waals surface area contributed by atoms with Crippen molar-refractivity contribution in [1.29, 1.82) is 0 Å². The van der Waals surface area contributed by atoms with Crippen molar-refractivity contribution in [3.05, 3.63) is 24.3 Å². The predicted molar refractivity (Wildman–Crippen MR) is 91.5 cm³/mol. The van der Waals surface area contributed by atoms with Crippen LogP contribution in [0.15, 0.2) is 24.3 Å². The average Bonchev–Trinajstić information content (AvgIpc) is 2.65. The van der Waals surface area contributed by atoms with Crippen LogP contribution in [0.1, 0.15) is 20.8 Å². The number of hydrogen-bond donors (Lipinski definition) is 2. The smallest absolute Gasteiger partial charge is 0.408 e. The molecule has 1 aliphatic heterocycles. The Kier molecular flexibility index (Phi) is 5.41. The molecule has 0 fully saturated rings. The Labute approximate surface area is 145 Å². The van der Waals surface area contributed by atoms with Crippen LogP contribution < -0.4 is 15.5 Å². The van der Waals surface area contributed by atoms with Gasteiger partial charge in [0.15, 0.2) is 6.29 Å². The number of carbonyl (C=O) groups excluding carboxylic acids is 4. The third kappa shape index (κ3) is 4.79. The zero-order valence-electron chi connectivity index (χ0n) is 14.4. The van der Waals surface area contributed by atoms with E-state index in [1.165, 1.54) is 4.90 Å². The number of rotatable bonds is 4. The highest BCUT2D eigenvalue weighted by Crippen LogP contribution is 2.28. The van der Waals surface area contributed by atoms with Gasteiger partial charge in [0.25, 0.3) is 5.91 Å². The van der Waals surface area contributed by atoms with E-state index < -0.39 is 36.0 Å². The summed E-state index contributed by atoms with van der Waals surface area (Å²) < 4.78 is 5.17. The molecule has 2 N–H and O–H groups in total. The summed E-state index contributed by atoms with van der Waals surface area (Å²) in [6.45, 7) is 4.87. The molecule has 0 unspecified atom stereocenters. The van der Waals surface area contributed by atoms with Gasteiger partial charge in [0.2, 0.25) is 5.78 Å². The van der Waals surface area contributed by atoms with E-state index in [1.807, 2.05) is 0 Å². The lowest BCUT2D eigenvalue weighted by Gasteiger charge is -2.25. The molecule has 0 saturated heterocycles. The van der Waals surface area contributed by atoms with E-state index in [9.17, 15) is 19.2 Å². The van der Waals surface area contributed by atoms with E-state index >= 15 is 0 Å². The minimum absolute atomic E-state index is 0.126. The van der Waals surface area contributed by atoms with Crippen molar-refractivity contribution in [3.8, 4) is 0 Å². The highest BCUT2D eigenvalue weighted by Gasteiger charge is 2.33. The van der Waals surface area contributed by atoms with Crippen LogP contribution >= 0.6 is 0 Å². The summed E-state index contributed by atoms with van der Waals surface area (Å²) in [7, 11) is 0. The van der Waals surface area contributed by atoms with Gasteiger partial charge in [-0.25, -0.2) is 4.79 Å². The van der Waals surface area contributed by atoms with Gasteiger partial charge in [-0.2, -0.15) is 0 Å². The number of hydrogen-bond acceptors (Lipinski definition) is 6. The van der Waals surface area contributed by atoms with E-state index in [1.54, 1.807) is 45.0 Å². The fourth-order valence-corrected chi connectivity index (χ4v) is 2.38. The lowest BCUT2D eigenvalue weighted by Crippen LogP contribution is -2.52. The Bertz CT molecular complexity index is 696. The maximum Gasteiger partial charge on any atom is 0.408 e. The van der Waals surface area contributed by atoms with E-state index in [0.29, 0.717) is 11.4 Å². The summed E-state index contributed by atoms with van der Waals surface area (Å²) in [5.41, 5.74) is 0.390. The van der Waals surface area contributed by atoms with Crippen LogP contribution in [0.5, 0.6) is 0 Å². The number of nitrogens with one attached hydrogen (secondary N) is 2. The molecule has 1 heterocycles. The molecule has 1 aromatic carbocycles. The Morgan fingerprint density at radius 1 is 1.36 bits per heavy atom. The van der Waals surface area contributed by atoms with Crippen LogP contribution in [0.4, 0.5) is 16.2 Å². The van der Waals surface area contributed by atoms with Gasteiger partial charge in [-0.05, 0) is 32.9 Å². The topological polar surface area (TPSA) is 105 Å². The number of benzene rings is 1. The molecular formula is C17H21N3O5. The summed E-state index contributed by atoms with van der Waals surface area (Å²) in [4.78, 5) is 48.3. The lowest BCUT2D eigenvalue weighted by molar-refractivity contribution is -0.130. The molecule has 2 amide bonds. The zero-order chi connectivity index (χ0) is 18.6. The van der Waals surface area contributed by atoms with Gasteiger partial charge >= 0.3 is 6.09 Å². The highest BCUT2D eigenvalue weighted by atomic mass is 16.6. The molecule has 0 aromatic heterocycles. The molecule has 0 spiro atoms. The summed E-state index contributed by atoms with van der Waals surface area (Å²) in [6, 6.07) is 5.96. The van der Waals surface area contributed by atoms with Crippen molar-refractivity contribution in [2.75, 3.05) is 23.3 Å². The molecular weight excluding hydrogens is 326 g/mol. The SMILES string of the molecule is CC(C)(C)OC(=O)N[C@H]1CNc2ccccc2N(CC(=O)C=O)C1=O. The van der Waals surface area contributed by atoms with Crippen molar-refractivity contribution in [1.82, 2.24) is 5.32 Å². The predicted octanol–water partition coefficient (Wildman–Crippen LogP) is 1.11. The second-order valence-electron chi connectivity index (χ2n) is 6.61. The first kappa shape index (κ1) is 18.4. The molecule has 0 aliphatic carbocycles. The number of fused-ring (bicyclic) bond motifs is 1. The largest absolute Gasteiger partial charge is 0.444 e. The number of alkyl carbamates (subject to hydrolysis) is 1. The molecule has 134 valence electrons. The minimum atomic E-state index is -0.943. The van der Waals surface area contributed by atoms with Crippen molar-refractivity contribution in [3.63, 3.8) is 0 Å². The summed E-state index contributed by atoms with van der Waals surface area (Å²) in [5.74, 6) is -1.24. The number of carbonyl (C=O) groups is 4. The maximum absolute atomic E-state index is 12.8. The second kappa shape index (κ2) is 7.33. The number of ketones is 1. The molecule has 25 heavy (non-hydrogen) atoms. The molecule has 8 heteroatoms. The first-order valence-electron chi connectivity index (χ1n) is 7.83. The van der Waals surface area contributed by atoms with Gasteiger partial charge in [0.05, 0.1) is 17.9 Å². The van der Waals surface area contributed by atoms with Crippen molar-refractivity contribution in [2.24, 2.45) is 0 Å². The fourth-order valence-electron chi connectivity index (χ4n) is 2.38. The normalized spacial score (nSPS) is 17.0. The average molecular weight is 347 g/mol. The molecule has 0 bridgehead atoms. The Balaban J connectivity index is 2.25. The number of nitrogens with zero attached hydrogens (tertiary/aromatic N) is 1. The lowest BCUT2D eigenvalue weighted by atomic mass is 10.2. The molecule has 1 atom stereocenters. The van der Waals surface area contributed by atoms with Gasteiger partial charge in [-0.3, -0.25) is 14.4 Å². The van der Waals surface area contributed by atoms with E-state index in [4.69, 9.17) is 4.74 Å². The Morgan fingerprint density at radius 2 is 2.04 bits per heavy atom. The van der Waals surface area contributed by atoms with Crippen LogP contribution in [-0.4, -0.2) is 48.8 Å². The number of ether oxygens (including phenoxy) is 1. The molecule has 1 aliphatic rings. The van der Waals surface area contributed by atoms with Crippen LogP contribution in [0.3, 0.4) is 0 Å². The van der Waals surface area contributed by atoms with Gasteiger partial charge in [0, 0.05) is 6.54 Å². The van der Waals surface area contributed by atoms with Gasteiger partial charge in [-0.15, -0.1) is 0 Å². The van der Waals surface area contributed by atoms with Crippen LogP contribution in [0.2, 0.25) is 0 Å². The summed E-state index contributed by atoms with van der Waals surface area (Å²) in [5, 5.41) is 5.57. The Hall–Kier alpha value is -2.90. The van der Waals surface area contributed by atoms with E-state index in [0.717, 1.165) is 0 Å². The summed E-state index contributed by atoms with van der Waals surface area (Å²) >= 11 is 0. The molecule has 2 rings (SSSR count). The minimum Gasteiger partial charge on any atom is -0.444 e. The van der Waals surface area contributed by atoms with Crippen LogP contribution in [-0.2, 0) is 19.1 Å². The van der Waals surface area contributed by atoms with Gasteiger partial charge in [0.1, 0.15) is 11.6 Å². The van der Waals surface area contributed by atoms with E-state index in [-0.39, 0.29) is 12.8 Å². The van der Waals surface area contributed by atoms with Crippen molar-refractivity contribution >= 4 is 35.4 Å². The molecule has 0 radical (unpaired) electrons. The standard InChI is InChI=1S/C17H21N3O5/c1-17(2,3)25-16(24)19-13-8-18-12-6-4-5-7-14(12)20(15(13)23)9-11(22)10-21/h4-7,10,13,18H,8-9H2,1-3H3,(H,19,24)/t13-/m0/s1. The molecule has 8 nitrogen and oxygen atoms in total. The third-order valence-corrected chi connectivity index (χ3v) is 3.39. The quantitative estimate of drug-likeness (QED) is 0.624. The van der Waals surface area contributed by atoms with Crippen molar-refractivity contribution < 1.29 is 23.9 Å².